The van der Waals surface area contributed by atoms with Crippen LogP contribution in [0.5, 0.6) is 0 Å². The summed E-state index contributed by atoms with van der Waals surface area (Å²) in [6, 6.07) is 11.9. The number of hydrogen-bond acceptors (Lipinski definition) is 2. The SMILES string of the molecule is CCC(C)(C)c1ccc(C(O)c2ccc(Cl)s2)cc1. The number of rotatable bonds is 4. The highest BCUT2D eigenvalue weighted by molar-refractivity contribution is 7.16. The summed E-state index contributed by atoms with van der Waals surface area (Å²) in [7, 11) is 0. The first-order chi connectivity index (χ1) is 8.94. The summed E-state index contributed by atoms with van der Waals surface area (Å²) in [4.78, 5) is 0.882. The van der Waals surface area contributed by atoms with Crippen molar-refractivity contribution in [2.24, 2.45) is 0 Å². The first-order valence-electron chi connectivity index (χ1n) is 6.48. The van der Waals surface area contributed by atoms with Crippen molar-refractivity contribution in [1.29, 1.82) is 0 Å². The molecule has 1 unspecified atom stereocenters. The summed E-state index contributed by atoms with van der Waals surface area (Å²) in [6.45, 7) is 6.66. The van der Waals surface area contributed by atoms with Gasteiger partial charge >= 0.3 is 0 Å². The normalized spacial score (nSPS) is 13.5. The van der Waals surface area contributed by atoms with Gasteiger partial charge < -0.3 is 5.11 Å². The molecule has 0 fully saturated rings. The van der Waals surface area contributed by atoms with Crippen molar-refractivity contribution < 1.29 is 5.11 Å². The molecule has 0 amide bonds. The number of halogens is 1. The molecule has 1 nitrogen and oxygen atoms in total. The van der Waals surface area contributed by atoms with E-state index >= 15 is 0 Å². The molecule has 0 saturated heterocycles. The Labute approximate surface area is 123 Å². The summed E-state index contributed by atoms with van der Waals surface area (Å²) in [5.74, 6) is 0. The van der Waals surface area contributed by atoms with Crippen molar-refractivity contribution in [1.82, 2.24) is 0 Å². The van der Waals surface area contributed by atoms with E-state index in [1.54, 1.807) is 0 Å². The van der Waals surface area contributed by atoms with E-state index in [9.17, 15) is 5.11 Å². The van der Waals surface area contributed by atoms with Gasteiger partial charge in [-0.05, 0) is 35.1 Å². The molecule has 0 spiro atoms. The molecule has 19 heavy (non-hydrogen) atoms. The van der Waals surface area contributed by atoms with Gasteiger partial charge in [-0.2, -0.15) is 0 Å². The maximum Gasteiger partial charge on any atom is 0.113 e. The topological polar surface area (TPSA) is 20.2 Å². The molecule has 1 atom stereocenters. The van der Waals surface area contributed by atoms with Gasteiger partial charge in [0.25, 0.3) is 0 Å². The minimum atomic E-state index is -0.587. The van der Waals surface area contributed by atoms with Crippen molar-refractivity contribution in [3.63, 3.8) is 0 Å². The second-order valence-corrected chi connectivity index (χ2v) is 7.15. The van der Waals surface area contributed by atoms with Crippen LogP contribution in [-0.4, -0.2) is 5.11 Å². The van der Waals surface area contributed by atoms with Crippen LogP contribution in [0.2, 0.25) is 4.34 Å². The number of benzene rings is 1. The van der Waals surface area contributed by atoms with Crippen molar-refractivity contribution in [2.45, 2.75) is 38.7 Å². The Hall–Kier alpha value is -0.830. The number of aliphatic hydroxyl groups excluding tert-OH is 1. The highest BCUT2D eigenvalue weighted by atomic mass is 35.5. The molecule has 0 bridgehead atoms. The lowest BCUT2D eigenvalue weighted by Crippen LogP contribution is -2.15. The van der Waals surface area contributed by atoms with Crippen LogP contribution in [0.25, 0.3) is 0 Å². The summed E-state index contributed by atoms with van der Waals surface area (Å²) >= 11 is 7.32. The third-order valence-corrected chi connectivity index (χ3v) is 5.04. The van der Waals surface area contributed by atoms with E-state index in [2.05, 4.69) is 32.9 Å². The summed E-state index contributed by atoms with van der Waals surface area (Å²) in [5, 5.41) is 10.3. The summed E-state index contributed by atoms with van der Waals surface area (Å²) in [6.07, 6.45) is 0.506. The van der Waals surface area contributed by atoms with Gasteiger partial charge in [0.15, 0.2) is 0 Å². The standard InChI is InChI=1S/C16H19ClOS/c1-4-16(2,3)12-7-5-11(6-8-12)15(18)13-9-10-14(17)19-13/h5-10,15,18H,4H2,1-3H3. The molecule has 0 aliphatic carbocycles. The van der Waals surface area contributed by atoms with Crippen LogP contribution in [0.3, 0.4) is 0 Å². The lowest BCUT2D eigenvalue weighted by Gasteiger charge is -2.23. The summed E-state index contributed by atoms with van der Waals surface area (Å²) in [5.41, 5.74) is 2.39. The number of thiophene rings is 1. The fourth-order valence-electron chi connectivity index (χ4n) is 1.96. The van der Waals surface area contributed by atoms with Gasteiger partial charge in [0.1, 0.15) is 6.10 Å². The molecule has 1 aromatic carbocycles. The largest absolute Gasteiger partial charge is 0.383 e. The van der Waals surface area contributed by atoms with E-state index in [0.717, 1.165) is 16.9 Å². The molecule has 0 saturated carbocycles. The van der Waals surface area contributed by atoms with Crippen LogP contribution < -0.4 is 0 Å². The van der Waals surface area contributed by atoms with Crippen LogP contribution in [0.15, 0.2) is 36.4 Å². The Morgan fingerprint density at radius 3 is 2.26 bits per heavy atom. The highest BCUT2D eigenvalue weighted by Crippen LogP contribution is 2.32. The van der Waals surface area contributed by atoms with E-state index in [1.807, 2.05) is 24.3 Å². The third kappa shape index (κ3) is 3.19. The first kappa shape index (κ1) is 14.6. The van der Waals surface area contributed by atoms with Crippen molar-refractivity contribution >= 4 is 22.9 Å². The van der Waals surface area contributed by atoms with E-state index in [1.165, 1.54) is 16.9 Å². The predicted molar refractivity (Wildman–Crippen MR) is 83.1 cm³/mol. The lowest BCUT2D eigenvalue weighted by atomic mass is 9.82. The van der Waals surface area contributed by atoms with Crippen LogP contribution in [0.4, 0.5) is 0 Å². The second-order valence-electron chi connectivity index (χ2n) is 5.40. The predicted octanol–water partition coefficient (Wildman–Crippen LogP) is 5.17. The van der Waals surface area contributed by atoms with Crippen molar-refractivity contribution in [3.8, 4) is 0 Å². The molecule has 2 rings (SSSR count). The van der Waals surface area contributed by atoms with Gasteiger partial charge in [-0.25, -0.2) is 0 Å². The van der Waals surface area contributed by atoms with E-state index in [0.29, 0.717) is 4.34 Å². The molecule has 0 aliphatic heterocycles. The smallest absolute Gasteiger partial charge is 0.113 e. The van der Waals surface area contributed by atoms with Crippen LogP contribution in [0.1, 0.15) is 49.3 Å². The zero-order valence-corrected chi connectivity index (χ0v) is 13.1. The molecule has 1 heterocycles. The van der Waals surface area contributed by atoms with Gasteiger partial charge in [-0.15, -0.1) is 11.3 Å². The maximum absolute atomic E-state index is 10.3. The van der Waals surface area contributed by atoms with Crippen LogP contribution in [-0.2, 0) is 5.41 Å². The second kappa shape index (κ2) is 5.66. The monoisotopic (exact) mass is 294 g/mol. The molecule has 0 radical (unpaired) electrons. The Bertz CT molecular complexity index is 542. The average Bonchev–Trinajstić information content (AvgIpc) is 2.85. The lowest BCUT2D eigenvalue weighted by molar-refractivity contribution is 0.224. The fourth-order valence-corrected chi connectivity index (χ4v) is 3.04. The zero-order valence-electron chi connectivity index (χ0n) is 11.5. The number of aliphatic hydroxyl groups is 1. The molecule has 102 valence electrons. The van der Waals surface area contributed by atoms with Gasteiger partial charge in [-0.3, -0.25) is 0 Å². The third-order valence-electron chi connectivity index (χ3n) is 3.76. The number of hydrogen-bond donors (Lipinski definition) is 1. The Balaban J connectivity index is 2.23. The van der Waals surface area contributed by atoms with Crippen LogP contribution in [0, 0.1) is 0 Å². The minimum Gasteiger partial charge on any atom is -0.383 e. The highest BCUT2D eigenvalue weighted by Gasteiger charge is 2.19. The van der Waals surface area contributed by atoms with Crippen molar-refractivity contribution in [3.05, 3.63) is 56.7 Å². The molecule has 1 N–H and O–H groups in total. The molecule has 3 heteroatoms. The average molecular weight is 295 g/mol. The molecular weight excluding hydrogens is 276 g/mol. The Morgan fingerprint density at radius 2 is 1.79 bits per heavy atom. The van der Waals surface area contributed by atoms with E-state index < -0.39 is 6.10 Å². The van der Waals surface area contributed by atoms with Crippen LogP contribution >= 0.6 is 22.9 Å². The zero-order chi connectivity index (χ0) is 14.0. The minimum absolute atomic E-state index is 0.176. The maximum atomic E-state index is 10.3. The van der Waals surface area contributed by atoms with Gasteiger partial charge in [0, 0.05) is 4.88 Å². The Kier molecular flexibility index (Phi) is 4.34. The molecular formula is C16H19ClOS. The van der Waals surface area contributed by atoms with Gasteiger partial charge in [-0.1, -0.05) is 56.6 Å². The fraction of sp³-hybridized carbons (Fsp3) is 0.375. The van der Waals surface area contributed by atoms with Gasteiger partial charge in [0.2, 0.25) is 0 Å². The van der Waals surface area contributed by atoms with Crippen molar-refractivity contribution in [2.75, 3.05) is 0 Å². The molecule has 0 aliphatic rings. The first-order valence-corrected chi connectivity index (χ1v) is 7.67. The van der Waals surface area contributed by atoms with E-state index in [-0.39, 0.29) is 5.41 Å². The Morgan fingerprint density at radius 1 is 1.16 bits per heavy atom. The molecule has 2 aromatic rings. The molecule has 1 aromatic heterocycles. The quantitative estimate of drug-likeness (QED) is 0.824. The summed E-state index contributed by atoms with van der Waals surface area (Å²) < 4.78 is 0.706. The van der Waals surface area contributed by atoms with E-state index in [4.69, 9.17) is 11.6 Å². The van der Waals surface area contributed by atoms with Gasteiger partial charge in [0.05, 0.1) is 4.34 Å².